The van der Waals surface area contributed by atoms with Crippen molar-refractivity contribution in [2.45, 2.75) is 11.8 Å². The molecule has 92 valence electrons. The Morgan fingerprint density at radius 3 is 2.67 bits per heavy atom. The highest BCUT2D eigenvalue weighted by Crippen LogP contribution is 2.24. The summed E-state index contributed by atoms with van der Waals surface area (Å²) in [5.74, 6) is -0.246. The fourth-order valence-corrected chi connectivity index (χ4v) is 2.00. The Hall–Kier alpha value is -1.88. The predicted molar refractivity (Wildman–Crippen MR) is 72.9 cm³/mol. The van der Waals surface area contributed by atoms with E-state index in [1.54, 1.807) is 18.0 Å². The molecule has 0 saturated carbocycles. The summed E-state index contributed by atoms with van der Waals surface area (Å²) in [6.07, 6.45) is 5.03. The van der Waals surface area contributed by atoms with Crippen molar-refractivity contribution in [3.63, 3.8) is 0 Å². The van der Waals surface area contributed by atoms with Crippen molar-refractivity contribution in [3.8, 4) is 0 Å². The zero-order valence-corrected chi connectivity index (χ0v) is 11.0. The SMILES string of the molecule is CSc1ccccc1NC(=O)c1cnc(C)cn1. The van der Waals surface area contributed by atoms with Gasteiger partial charge in [-0.1, -0.05) is 12.1 Å². The molecule has 18 heavy (non-hydrogen) atoms. The summed E-state index contributed by atoms with van der Waals surface area (Å²) < 4.78 is 0. The first kappa shape index (κ1) is 12.6. The van der Waals surface area contributed by atoms with Crippen LogP contribution >= 0.6 is 11.8 Å². The van der Waals surface area contributed by atoms with E-state index < -0.39 is 0 Å². The van der Waals surface area contributed by atoms with Crippen LogP contribution in [0.5, 0.6) is 0 Å². The number of aryl methyl sites for hydroxylation is 1. The van der Waals surface area contributed by atoms with Gasteiger partial charge in [-0.25, -0.2) is 4.98 Å². The third kappa shape index (κ3) is 2.87. The van der Waals surface area contributed by atoms with Gasteiger partial charge in [0.25, 0.3) is 5.91 Å². The van der Waals surface area contributed by atoms with Gasteiger partial charge in [0, 0.05) is 11.1 Å². The Kier molecular flexibility index (Phi) is 3.94. The van der Waals surface area contributed by atoms with Gasteiger partial charge in [0.05, 0.1) is 17.6 Å². The third-order valence-electron chi connectivity index (χ3n) is 2.37. The normalized spacial score (nSPS) is 10.1. The van der Waals surface area contributed by atoms with E-state index in [2.05, 4.69) is 15.3 Å². The molecular formula is C13H13N3OS. The van der Waals surface area contributed by atoms with Crippen LogP contribution in [-0.2, 0) is 0 Å². The molecule has 4 nitrogen and oxygen atoms in total. The van der Waals surface area contributed by atoms with Crippen LogP contribution < -0.4 is 5.32 Å². The second-order valence-electron chi connectivity index (χ2n) is 3.70. The van der Waals surface area contributed by atoms with E-state index in [1.807, 2.05) is 37.4 Å². The third-order valence-corrected chi connectivity index (χ3v) is 3.16. The maximum atomic E-state index is 12.0. The highest BCUT2D eigenvalue weighted by molar-refractivity contribution is 7.98. The molecule has 0 aliphatic heterocycles. The fraction of sp³-hybridized carbons (Fsp3) is 0.154. The van der Waals surface area contributed by atoms with Crippen LogP contribution in [0.4, 0.5) is 5.69 Å². The van der Waals surface area contributed by atoms with Crippen molar-refractivity contribution < 1.29 is 4.79 Å². The molecule has 0 aliphatic rings. The van der Waals surface area contributed by atoms with Gasteiger partial charge < -0.3 is 5.32 Å². The number of amides is 1. The summed E-state index contributed by atoms with van der Waals surface area (Å²) in [6, 6.07) is 7.65. The number of nitrogens with zero attached hydrogens (tertiary/aromatic N) is 2. The minimum Gasteiger partial charge on any atom is -0.320 e. The monoisotopic (exact) mass is 259 g/mol. The number of carbonyl (C=O) groups is 1. The fourth-order valence-electron chi connectivity index (χ4n) is 1.44. The standard InChI is InChI=1S/C13H13N3OS/c1-9-7-15-11(8-14-9)13(17)16-10-5-3-4-6-12(10)18-2/h3-8H,1-2H3,(H,16,17). The van der Waals surface area contributed by atoms with Crippen LogP contribution in [0.3, 0.4) is 0 Å². The lowest BCUT2D eigenvalue weighted by molar-refractivity contribution is 0.102. The van der Waals surface area contributed by atoms with E-state index in [-0.39, 0.29) is 5.91 Å². The van der Waals surface area contributed by atoms with Crippen LogP contribution in [0.15, 0.2) is 41.6 Å². The second-order valence-corrected chi connectivity index (χ2v) is 4.55. The Labute approximate surface area is 110 Å². The maximum Gasteiger partial charge on any atom is 0.275 e. The summed E-state index contributed by atoms with van der Waals surface area (Å²) in [5.41, 5.74) is 1.89. The number of anilines is 1. The predicted octanol–water partition coefficient (Wildman–Crippen LogP) is 2.76. The highest BCUT2D eigenvalue weighted by atomic mass is 32.2. The summed E-state index contributed by atoms with van der Waals surface area (Å²) in [5, 5.41) is 2.83. The highest BCUT2D eigenvalue weighted by Gasteiger charge is 2.09. The van der Waals surface area contributed by atoms with Crippen LogP contribution in [0.2, 0.25) is 0 Å². The lowest BCUT2D eigenvalue weighted by Crippen LogP contribution is -2.14. The molecular weight excluding hydrogens is 246 g/mol. The van der Waals surface area contributed by atoms with Crippen molar-refractivity contribution in [1.82, 2.24) is 9.97 Å². The number of hydrogen-bond acceptors (Lipinski definition) is 4. The number of para-hydroxylation sites is 1. The Morgan fingerprint density at radius 2 is 2.00 bits per heavy atom. The van der Waals surface area contributed by atoms with Crippen molar-refractivity contribution in [2.24, 2.45) is 0 Å². The summed E-state index contributed by atoms with van der Waals surface area (Å²) in [7, 11) is 0. The first-order valence-corrected chi connectivity index (χ1v) is 6.66. The van der Waals surface area contributed by atoms with Crippen molar-refractivity contribution in [1.29, 1.82) is 0 Å². The van der Waals surface area contributed by atoms with Gasteiger partial charge in [0.2, 0.25) is 0 Å². The van der Waals surface area contributed by atoms with Gasteiger partial charge in [-0.15, -0.1) is 11.8 Å². The molecule has 1 aromatic heterocycles. The first-order chi connectivity index (χ1) is 8.70. The van der Waals surface area contributed by atoms with Crippen molar-refractivity contribution >= 4 is 23.4 Å². The van der Waals surface area contributed by atoms with Crippen LogP contribution in [0.25, 0.3) is 0 Å². The molecule has 0 bridgehead atoms. The molecule has 0 unspecified atom stereocenters. The largest absolute Gasteiger partial charge is 0.320 e. The number of rotatable bonds is 3. The van der Waals surface area contributed by atoms with Crippen LogP contribution in [-0.4, -0.2) is 22.1 Å². The molecule has 1 amide bonds. The van der Waals surface area contributed by atoms with Gasteiger partial charge in [-0.05, 0) is 25.3 Å². The molecule has 0 aliphatic carbocycles. The van der Waals surface area contributed by atoms with E-state index in [0.717, 1.165) is 16.3 Å². The number of hydrogen-bond donors (Lipinski definition) is 1. The Bertz CT molecular complexity index is 554. The first-order valence-electron chi connectivity index (χ1n) is 5.43. The van der Waals surface area contributed by atoms with Crippen molar-refractivity contribution in [2.75, 3.05) is 11.6 Å². The maximum absolute atomic E-state index is 12.0. The summed E-state index contributed by atoms with van der Waals surface area (Å²) >= 11 is 1.58. The Balaban J connectivity index is 2.18. The second kappa shape index (κ2) is 5.64. The van der Waals surface area contributed by atoms with Gasteiger partial charge in [0.15, 0.2) is 0 Å². The van der Waals surface area contributed by atoms with Crippen molar-refractivity contribution in [3.05, 3.63) is 48.0 Å². The quantitative estimate of drug-likeness (QED) is 0.861. The van der Waals surface area contributed by atoms with Crippen LogP contribution in [0.1, 0.15) is 16.2 Å². The van der Waals surface area contributed by atoms with Gasteiger partial charge in [0.1, 0.15) is 5.69 Å². The molecule has 2 rings (SSSR count). The van der Waals surface area contributed by atoms with Gasteiger partial charge >= 0.3 is 0 Å². The molecule has 0 atom stereocenters. The number of nitrogens with one attached hydrogen (secondary N) is 1. The molecule has 0 saturated heterocycles. The van der Waals surface area contributed by atoms with E-state index in [1.165, 1.54) is 6.20 Å². The number of carbonyl (C=O) groups excluding carboxylic acids is 1. The number of aromatic nitrogens is 2. The summed E-state index contributed by atoms with van der Waals surface area (Å²) in [4.78, 5) is 21.1. The Morgan fingerprint density at radius 1 is 1.22 bits per heavy atom. The zero-order chi connectivity index (χ0) is 13.0. The van der Waals surface area contributed by atoms with Gasteiger partial charge in [-0.3, -0.25) is 9.78 Å². The molecule has 0 fully saturated rings. The molecule has 1 N–H and O–H groups in total. The molecule has 0 radical (unpaired) electrons. The average Bonchev–Trinajstić information content (AvgIpc) is 2.40. The zero-order valence-electron chi connectivity index (χ0n) is 10.2. The van der Waals surface area contributed by atoms with E-state index in [0.29, 0.717) is 5.69 Å². The van der Waals surface area contributed by atoms with Gasteiger partial charge in [-0.2, -0.15) is 0 Å². The smallest absolute Gasteiger partial charge is 0.275 e. The molecule has 0 spiro atoms. The lowest BCUT2D eigenvalue weighted by atomic mass is 10.3. The molecule has 2 aromatic rings. The number of thioether (sulfide) groups is 1. The minimum absolute atomic E-state index is 0.246. The van der Waals surface area contributed by atoms with E-state index in [4.69, 9.17) is 0 Å². The molecule has 5 heteroatoms. The topological polar surface area (TPSA) is 54.9 Å². The van der Waals surface area contributed by atoms with Crippen LogP contribution in [0, 0.1) is 6.92 Å². The van der Waals surface area contributed by atoms with E-state index in [9.17, 15) is 4.79 Å². The summed E-state index contributed by atoms with van der Waals surface area (Å²) in [6.45, 7) is 1.83. The lowest BCUT2D eigenvalue weighted by Gasteiger charge is -2.08. The molecule has 1 heterocycles. The molecule has 1 aromatic carbocycles. The average molecular weight is 259 g/mol. The minimum atomic E-state index is -0.246. The number of benzene rings is 1. The van der Waals surface area contributed by atoms with E-state index >= 15 is 0 Å².